The smallest absolute Gasteiger partial charge is 0.325 e. The Morgan fingerprint density at radius 3 is 2.71 bits per heavy atom. The van der Waals surface area contributed by atoms with E-state index < -0.39 is 0 Å². The fourth-order valence-corrected chi connectivity index (χ4v) is 7.31. The first-order valence-electron chi connectivity index (χ1n) is 10.8. The first-order valence-corrected chi connectivity index (χ1v) is 12.0. The second kappa shape index (κ2) is 7.48. The van der Waals surface area contributed by atoms with Gasteiger partial charge in [0.15, 0.2) is 5.13 Å². The fraction of sp³-hybridized carbons (Fsp3) is 0.522. The molecule has 2 aliphatic carbocycles. The zero-order valence-corrected chi connectivity index (χ0v) is 19.3. The zero-order chi connectivity index (χ0) is 21.9. The van der Waals surface area contributed by atoms with E-state index in [4.69, 9.17) is 21.3 Å². The molecule has 1 aromatic carbocycles. The summed E-state index contributed by atoms with van der Waals surface area (Å²) in [6, 6.07) is 6.63. The molecule has 31 heavy (non-hydrogen) atoms. The minimum absolute atomic E-state index is 0.0210. The number of thiazole rings is 1. The Kier molecular flexibility index (Phi) is 5.01. The molecule has 0 spiro atoms. The molecule has 3 aliphatic rings. The number of benzene rings is 1. The quantitative estimate of drug-likeness (QED) is 0.565. The predicted molar refractivity (Wildman–Crippen MR) is 122 cm³/mol. The monoisotopic (exact) mass is 459 g/mol. The van der Waals surface area contributed by atoms with Crippen molar-refractivity contribution in [2.75, 3.05) is 10.6 Å². The largest absolute Gasteiger partial charge is 0.461 e. The molecule has 2 fully saturated rings. The van der Waals surface area contributed by atoms with Gasteiger partial charge in [-0.05, 0) is 48.9 Å². The lowest BCUT2D eigenvalue weighted by Gasteiger charge is -2.51. The Morgan fingerprint density at radius 2 is 1.97 bits per heavy atom. The number of hydrogen-bond donors (Lipinski definition) is 2. The summed E-state index contributed by atoms with van der Waals surface area (Å²) < 4.78 is 5.89. The second-order valence-corrected chi connectivity index (χ2v) is 11.0. The van der Waals surface area contributed by atoms with Crippen LogP contribution in [-0.4, -0.2) is 23.1 Å². The van der Waals surface area contributed by atoms with E-state index in [1.165, 1.54) is 4.88 Å². The summed E-state index contributed by atoms with van der Waals surface area (Å²) in [7, 11) is 0. The van der Waals surface area contributed by atoms with Crippen LogP contribution in [0.15, 0.2) is 24.3 Å². The number of amides is 2. The van der Waals surface area contributed by atoms with E-state index in [1.807, 2.05) is 6.92 Å². The Hall–Kier alpha value is -2.12. The average molecular weight is 460 g/mol. The third kappa shape index (κ3) is 3.52. The number of hydrogen-bond acceptors (Lipinski definition) is 5. The van der Waals surface area contributed by atoms with Gasteiger partial charge in [-0.3, -0.25) is 10.1 Å². The summed E-state index contributed by atoms with van der Waals surface area (Å²) in [6.07, 6.45) is 2.99. The highest BCUT2D eigenvalue weighted by molar-refractivity contribution is 7.15. The van der Waals surface area contributed by atoms with E-state index in [1.54, 1.807) is 35.6 Å². The Labute approximate surface area is 190 Å². The fourth-order valence-electron chi connectivity index (χ4n) is 5.92. The highest BCUT2D eigenvalue weighted by atomic mass is 35.5. The van der Waals surface area contributed by atoms with Crippen molar-refractivity contribution in [2.24, 2.45) is 23.2 Å². The molecule has 8 heteroatoms. The van der Waals surface area contributed by atoms with Gasteiger partial charge in [0.1, 0.15) is 6.10 Å². The first kappa shape index (κ1) is 20.8. The highest BCUT2D eigenvalue weighted by Gasteiger charge is 2.58. The number of carbonyl (C=O) groups is 2. The number of aromatic nitrogens is 1. The minimum atomic E-state index is -0.330. The van der Waals surface area contributed by atoms with Crippen molar-refractivity contribution in [3.8, 4) is 0 Å². The molecule has 1 saturated carbocycles. The predicted octanol–water partition coefficient (Wildman–Crippen LogP) is 5.69. The molecule has 1 aromatic heterocycles. The standard InChI is InChI=1S/C23H26ClN3O3S/c1-11-15-8-9-23(3)10-16-18(12(2)17(23)19(15)30-20(11)28)26-22(31-16)27-21(29)25-14-6-4-13(24)5-7-14/h4-7,11-12,15,17,19H,8-10H2,1-3H3,(H2,25,26,27,29). The molecule has 1 saturated heterocycles. The first-order chi connectivity index (χ1) is 14.7. The van der Waals surface area contributed by atoms with Gasteiger partial charge in [0, 0.05) is 33.3 Å². The molecule has 2 aromatic rings. The maximum atomic E-state index is 12.5. The lowest BCUT2D eigenvalue weighted by Crippen LogP contribution is -2.50. The maximum Gasteiger partial charge on any atom is 0.325 e. The average Bonchev–Trinajstić information content (AvgIpc) is 3.23. The van der Waals surface area contributed by atoms with Gasteiger partial charge < -0.3 is 10.1 Å². The van der Waals surface area contributed by atoms with Crippen molar-refractivity contribution in [1.29, 1.82) is 0 Å². The minimum Gasteiger partial charge on any atom is -0.461 e. The molecule has 2 N–H and O–H groups in total. The molecule has 6 nitrogen and oxygen atoms in total. The second-order valence-electron chi connectivity index (χ2n) is 9.45. The molecule has 0 bridgehead atoms. The molecule has 0 radical (unpaired) electrons. The third-order valence-electron chi connectivity index (χ3n) is 7.48. The van der Waals surface area contributed by atoms with Gasteiger partial charge in [0.2, 0.25) is 0 Å². The molecule has 5 rings (SSSR count). The number of urea groups is 1. The summed E-state index contributed by atoms with van der Waals surface area (Å²) in [6.45, 7) is 6.51. The molecule has 2 amide bonds. The van der Waals surface area contributed by atoms with Crippen LogP contribution in [0.1, 0.15) is 50.1 Å². The Bertz CT molecular complexity index is 1040. The molecule has 164 valence electrons. The van der Waals surface area contributed by atoms with Crippen LogP contribution in [0.3, 0.4) is 0 Å². The van der Waals surface area contributed by atoms with E-state index in [9.17, 15) is 9.59 Å². The summed E-state index contributed by atoms with van der Waals surface area (Å²) in [5.41, 5.74) is 1.77. The van der Waals surface area contributed by atoms with E-state index in [0.717, 1.165) is 25.0 Å². The van der Waals surface area contributed by atoms with Crippen molar-refractivity contribution in [1.82, 2.24) is 4.98 Å². The van der Waals surface area contributed by atoms with Crippen LogP contribution in [-0.2, 0) is 16.0 Å². The number of anilines is 2. The summed E-state index contributed by atoms with van der Waals surface area (Å²) in [5.74, 6) is 0.649. The molecule has 6 atom stereocenters. The normalized spacial score (nSPS) is 33.7. The van der Waals surface area contributed by atoms with Crippen molar-refractivity contribution in [3.05, 3.63) is 39.9 Å². The van der Waals surface area contributed by atoms with Gasteiger partial charge >= 0.3 is 12.0 Å². The number of rotatable bonds is 2. The van der Waals surface area contributed by atoms with E-state index in [0.29, 0.717) is 21.8 Å². The number of carbonyl (C=O) groups excluding carboxylic acids is 2. The van der Waals surface area contributed by atoms with Gasteiger partial charge in [-0.15, -0.1) is 11.3 Å². The van der Waals surface area contributed by atoms with Gasteiger partial charge in [0.25, 0.3) is 0 Å². The highest BCUT2D eigenvalue weighted by Crippen LogP contribution is 2.59. The SMILES string of the molecule is CC1C(=O)OC2C1CCC1(C)Cc3sc(NC(=O)Nc4ccc(Cl)cc4)nc3C(C)C21. The van der Waals surface area contributed by atoms with Crippen molar-refractivity contribution in [2.45, 2.75) is 52.1 Å². The molecular formula is C23H26ClN3O3S. The van der Waals surface area contributed by atoms with Crippen LogP contribution >= 0.6 is 22.9 Å². The molecule has 1 aliphatic heterocycles. The van der Waals surface area contributed by atoms with Gasteiger partial charge in [-0.1, -0.05) is 32.4 Å². The summed E-state index contributed by atoms with van der Waals surface area (Å²) >= 11 is 7.45. The number of esters is 1. The lowest BCUT2D eigenvalue weighted by molar-refractivity contribution is -0.149. The van der Waals surface area contributed by atoms with Crippen LogP contribution in [0, 0.1) is 23.2 Å². The lowest BCUT2D eigenvalue weighted by atomic mass is 9.54. The van der Waals surface area contributed by atoms with Gasteiger partial charge in [0.05, 0.1) is 11.6 Å². The van der Waals surface area contributed by atoms with Crippen LogP contribution in [0.25, 0.3) is 0 Å². The molecule has 6 unspecified atom stereocenters. The number of fused-ring (bicyclic) bond motifs is 4. The Morgan fingerprint density at radius 1 is 1.23 bits per heavy atom. The third-order valence-corrected chi connectivity index (χ3v) is 8.72. The molecule has 2 heterocycles. The van der Waals surface area contributed by atoms with Gasteiger partial charge in [-0.25, -0.2) is 9.78 Å². The van der Waals surface area contributed by atoms with E-state index >= 15 is 0 Å². The van der Waals surface area contributed by atoms with E-state index in [2.05, 4.69) is 24.5 Å². The van der Waals surface area contributed by atoms with Crippen molar-refractivity contribution in [3.63, 3.8) is 0 Å². The molecular weight excluding hydrogens is 434 g/mol. The number of halogens is 1. The van der Waals surface area contributed by atoms with Crippen LogP contribution < -0.4 is 10.6 Å². The summed E-state index contributed by atoms with van der Waals surface area (Å²) in [5, 5.41) is 6.90. The van der Waals surface area contributed by atoms with Gasteiger partial charge in [-0.2, -0.15) is 0 Å². The topological polar surface area (TPSA) is 80.3 Å². The maximum absolute atomic E-state index is 12.5. The van der Waals surface area contributed by atoms with Crippen LogP contribution in [0.4, 0.5) is 15.6 Å². The van der Waals surface area contributed by atoms with Crippen LogP contribution in [0.2, 0.25) is 5.02 Å². The number of nitrogens with one attached hydrogen (secondary N) is 2. The summed E-state index contributed by atoms with van der Waals surface area (Å²) in [4.78, 5) is 30.7. The zero-order valence-electron chi connectivity index (χ0n) is 17.8. The number of ether oxygens (including phenoxy) is 1. The Balaban J connectivity index is 1.36. The van der Waals surface area contributed by atoms with Crippen LogP contribution in [0.5, 0.6) is 0 Å². The van der Waals surface area contributed by atoms with Crippen molar-refractivity contribution >= 4 is 45.8 Å². The number of nitrogens with zero attached hydrogens (tertiary/aromatic N) is 1. The van der Waals surface area contributed by atoms with E-state index in [-0.39, 0.29) is 41.3 Å². The van der Waals surface area contributed by atoms with Crippen molar-refractivity contribution < 1.29 is 14.3 Å².